The molecule has 4 aliphatic carbocycles. The zero-order chi connectivity index (χ0) is 17.3. The third-order valence-corrected chi connectivity index (χ3v) is 8.38. The number of ketones is 2. The van der Waals surface area contributed by atoms with Gasteiger partial charge in [0.15, 0.2) is 5.78 Å². The second-order valence-corrected chi connectivity index (χ2v) is 9.41. The van der Waals surface area contributed by atoms with E-state index in [1.165, 1.54) is 5.57 Å². The maximum atomic E-state index is 12.2. The van der Waals surface area contributed by atoms with E-state index in [-0.39, 0.29) is 34.6 Å². The Labute approximate surface area is 144 Å². The summed E-state index contributed by atoms with van der Waals surface area (Å²) in [7, 11) is 0. The molecule has 0 heterocycles. The van der Waals surface area contributed by atoms with Gasteiger partial charge in [-0.25, -0.2) is 0 Å². The lowest BCUT2D eigenvalue weighted by molar-refractivity contribution is -0.143. The van der Waals surface area contributed by atoms with Gasteiger partial charge in [-0.3, -0.25) is 9.59 Å². The number of carbonyl (C=O) groups is 2. The van der Waals surface area contributed by atoms with Crippen LogP contribution < -0.4 is 0 Å². The Morgan fingerprint density at radius 1 is 1.21 bits per heavy atom. The van der Waals surface area contributed by atoms with E-state index in [9.17, 15) is 14.7 Å². The van der Waals surface area contributed by atoms with Gasteiger partial charge in [-0.05, 0) is 80.1 Å². The fourth-order valence-corrected chi connectivity index (χ4v) is 7.35. The summed E-state index contributed by atoms with van der Waals surface area (Å²) < 4.78 is 0. The first-order valence-corrected chi connectivity index (χ1v) is 9.70. The number of carbonyl (C=O) groups excluding carboxylic acids is 2. The van der Waals surface area contributed by atoms with E-state index in [0.29, 0.717) is 24.0 Å². The zero-order valence-electron chi connectivity index (χ0n) is 15.2. The first-order valence-electron chi connectivity index (χ1n) is 9.70. The van der Waals surface area contributed by atoms with Gasteiger partial charge < -0.3 is 5.11 Å². The largest absolute Gasteiger partial charge is 0.393 e. The number of allylic oxidation sites excluding steroid dienone is 1. The minimum Gasteiger partial charge on any atom is -0.393 e. The summed E-state index contributed by atoms with van der Waals surface area (Å²) in [5, 5.41) is 11.2. The topological polar surface area (TPSA) is 54.4 Å². The molecule has 0 aromatic carbocycles. The molecule has 24 heavy (non-hydrogen) atoms. The number of hydrogen-bond acceptors (Lipinski definition) is 3. The highest BCUT2D eigenvalue weighted by Crippen LogP contribution is 2.66. The van der Waals surface area contributed by atoms with E-state index in [1.807, 2.05) is 6.08 Å². The molecule has 0 aromatic heterocycles. The predicted molar refractivity (Wildman–Crippen MR) is 92.3 cm³/mol. The number of aliphatic hydroxyl groups excluding tert-OH is 1. The molecule has 3 fully saturated rings. The van der Waals surface area contributed by atoms with Crippen LogP contribution in [0.3, 0.4) is 0 Å². The Bertz CT molecular complexity index is 621. The summed E-state index contributed by atoms with van der Waals surface area (Å²) >= 11 is 0. The minimum atomic E-state index is -0.349. The molecule has 132 valence electrons. The van der Waals surface area contributed by atoms with Crippen molar-refractivity contribution in [1.29, 1.82) is 0 Å². The molecular formula is C21H30O3. The summed E-state index contributed by atoms with van der Waals surface area (Å²) in [6.07, 6.45) is 7.97. The Kier molecular flexibility index (Phi) is 3.62. The van der Waals surface area contributed by atoms with Crippen molar-refractivity contribution in [3.8, 4) is 0 Å². The summed E-state index contributed by atoms with van der Waals surface area (Å²) in [6.45, 7) is 6.27. The van der Waals surface area contributed by atoms with Crippen LogP contribution in [0.5, 0.6) is 0 Å². The molecular weight excluding hydrogens is 300 g/mol. The highest BCUT2D eigenvalue weighted by atomic mass is 16.3. The number of aliphatic hydroxyl groups is 1. The Hall–Kier alpha value is -0.960. The van der Waals surface area contributed by atoms with E-state index >= 15 is 0 Å². The average Bonchev–Trinajstić information content (AvgIpc) is 2.84. The normalized spacial score (nSPS) is 50.6. The van der Waals surface area contributed by atoms with E-state index in [1.54, 1.807) is 6.92 Å². The molecule has 4 rings (SSSR count). The lowest BCUT2D eigenvalue weighted by Crippen LogP contribution is -2.56. The standard InChI is InChI=1S/C21H30O3/c1-12(22)16-6-7-17-15-5-4-13-10-14(23)8-9-20(13,2)19(15)18(24)11-21(16,17)3/h10,15-19,24H,4-9,11H2,1-3H3/t15-,16?,17-,18+,19+,20-,21+/m0/s1. The van der Waals surface area contributed by atoms with E-state index in [4.69, 9.17) is 0 Å². The van der Waals surface area contributed by atoms with Gasteiger partial charge in [0.1, 0.15) is 5.78 Å². The maximum absolute atomic E-state index is 12.2. The summed E-state index contributed by atoms with van der Waals surface area (Å²) in [6, 6.07) is 0. The van der Waals surface area contributed by atoms with Crippen molar-refractivity contribution in [2.75, 3.05) is 0 Å². The molecule has 0 aromatic rings. The van der Waals surface area contributed by atoms with Crippen LogP contribution in [0.1, 0.15) is 65.7 Å². The first-order chi connectivity index (χ1) is 11.3. The molecule has 7 atom stereocenters. The van der Waals surface area contributed by atoms with Gasteiger partial charge in [-0.15, -0.1) is 0 Å². The predicted octanol–water partition coefficient (Wildman–Crippen LogP) is 3.69. The second kappa shape index (κ2) is 5.27. The zero-order valence-corrected chi connectivity index (χ0v) is 15.2. The maximum Gasteiger partial charge on any atom is 0.155 e. The van der Waals surface area contributed by atoms with Crippen LogP contribution in [0.2, 0.25) is 0 Å². The molecule has 0 spiro atoms. The van der Waals surface area contributed by atoms with Crippen molar-refractivity contribution in [3.05, 3.63) is 11.6 Å². The molecule has 0 aliphatic heterocycles. The van der Waals surface area contributed by atoms with Gasteiger partial charge in [-0.2, -0.15) is 0 Å². The highest BCUT2D eigenvalue weighted by Gasteiger charge is 2.62. The lowest BCUT2D eigenvalue weighted by Gasteiger charge is -2.59. The highest BCUT2D eigenvalue weighted by molar-refractivity contribution is 5.91. The molecule has 1 unspecified atom stereocenters. The number of hydrogen-bond donors (Lipinski definition) is 1. The van der Waals surface area contributed by atoms with Gasteiger partial charge in [0, 0.05) is 12.3 Å². The van der Waals surface area contributed by atoms with E-state index in [2.05, 4.69) is 13.8 Å². The minimum absolute atomic E-state index is 0.0219. The van der Waals surface area contributed by atoms with Gasteiger partial charge in [0.25, 0.3) is 0 Å². The number of rotatable bonds is 1. The summed E-state index contributed by atoms with van der Waals surface area (Å²) in [5.74, 6) is 1.99. The van der Waals surface area contributed by atoms with E-state index < -0.39 is 0 Å². The third kappa shape index (κ3) is 2.06. The van der Waals surface area contributed by atoms with Crippen molar-refractivity contribution in [2.24, 2.45) is 34.5 Å². The van der Waals surface area contributed by atoms with Crippen LogP contribution in [-0.2, 0) is 9.59 Å². The molecule has 1 N–H and O–H groups in total. The van der Waals surface area contributed by atoms with Gasteiger partial charge >= 0.3 is 0 Å². The fourth-order valence-electron chi connectivity index (χ4n) is 7.35. The third-order valence-electron chi connectivity index (χ3n) is 8.38. The van der Waals surface area contributed by atoms with Crippen LogP contribution >= 0.6 is 0 Å². The fraction of sp³-hybridized carbons (Fsp3) is 0.810. The Morgan fingerprint density at radius 3 is 2.67 bits per heavy atom. The molecule has 3 saturated carbocycles. The van der Waals surface area contributed by atoms with Crippen LogP contribution in [0.4, 0.5) is 0 Å². The molecule has 4 aliphatic rings. The molecule has 3 nitrogen and oxygen atoms in total. The van der Waals surface area contributed by atoms with Crippen molar-refractivity contribution in [2.45, 2.75) is 71.8 Å². The van der Waals surface area contributed by atoms with Crippen molar-refractivity contribution in [1.82, 2.24) is 0 Å². The summed E-state index contributed by atoms with van der Waals surface area (Å²) in [4.78, 5) is 24.0. The van der Waals surface area contributed by atoms with Crippen LogP contribution in [0.15, 0.2) is 11.6 Å². The molecule has 0 radical (unpaired) electrons. The van der Waals surface area contributed by atoms with Gasteiger partial charge in [0.05, 0.1) is 6.10 Å². The van der Waals surface area contributed by atoms with Crippen molar-refractivity contribution < 1.29 is 14.7 Å². The van der Waals surface area contributed by atoms with Crippen molar-refractivity contribution >= 4 is 11.6 Å². The Balaban J connectivity index is 1.72. The Morgan fingerprint density at radius 2 is 1.96 bits per heavy atom. The van der Waals surface area contributed by atoms with Gasteiger partial charge in [0.2, 0.25) is 0 Å². The van der Waals surface area contributed by atoms with Crippen LogP contribution in [0.25, 0.3) is 0 Å². The quantitative estimate of drug-likeness (QED) is 0.797. The van der Waals surface area contributed by atoms with Crippen LogP contribution in [0, 0.1) is 34.5 Å². The van der Waals surface area contributed by atoms with Crippen molar-refractivity contribution in [3.63, 3.8) is 0 Å². The average molecular weight is 330 g/mol. The first kappa shape index (κ1) is 16.5. The number of fused-ring (bicyclic) bond motifs is 5. The smallest absolute Gasteiger partial charge is 0.155 e. The van der Waals surface area contributed by atoms with E-state index in [0.717, 1.165) is 38.5 Å². The molecule has 3 heteroatoms. The SMILES string of the molecule is CC(=O)C1CC[C@H]2[C@@H]3CCC4=CC(=O)CC[C@]4(C)[C@H]3[C@H](O)C[C@]12C. The monoisotopic (exact) mass is 330 g/mol. The summed E-state index contributed by atoms with van der Waals surface area (Å²) in [5.41, 5.74) is 1.23. The van der Waals surface area contributed by atoms with Gasteiger partial charge in [-0.1, -0.05) is 19.4 Å². The molecule has 0 bridgehead atoms. The molecule has 0 saturated heterocycles. The van der Waals surface area contributed by atoms with Crippen LogP contribution in [-0.4, -0.2) is 22.8 Å². The second-order valence-electron chi connectivity index (χ2n) is 9.41. The number of Topliss-reactive ketones (excluding diaryl/α,β-unsaturated/α-hetero) is 1. The molecule has 0 amide bonds. The lowest BCUT2D eigenvalue weighted by atomic mass is 9.46.